The highest BCUT2D eigenvalue weighted by Crippen LogP contribution is 2.46. The van der Waals surface area contributed by atoms with Crippen LogP contribution in [-0.2, 0) is 36.5 Å². The van der Waals surface area contributed by atoms with Gasteiger partial charge >= 0.3 is 5.97 Å². The lowest BCUT2D eigenvalue weighted by Crippen LogP contribution is -2.60. The fraction of sp³-hybridized carbons (Fsp3) is 0.476. The third kappa shape index (κ3) is 4.59. The van der Waals surface area contributed by atoms with E-state index < -0.39 is 22.7 Å². The van der Waals surface area contributed by atoms with E-state index in [0.29, 0.717) is 22.8 Å². The Kier molecular flexibility index (Phi) is 6.98. The van der Waals surface area contributed by atoms with Crippen LogP contribution in [0.15, 0.2) is 34.9 Å². The highest BCUT2D eigenvalue weighted by molar-refractivity contribution is 7.89. The number of nitrogens with two attached hydrogens (primary N) is 1. The molecule has 1 saturated heterocycles. The van der Waals surface area contributed by atoms with Gasteiger partial charge in [-0.15, -0.1) is 0 Å². The Morgan fingerprint density at radius 1 is 1.30 bits per heavy atom. The fourth-order valence-electron chi connectivity index (χ4n) is 3.92. The molecule has 7 nitrogen and oxygen atoms in total. The lowest BCUT2D eigenvalue weighted by Gasteiger charge is -2.45. The number of halogens is 1. The normalized spacial score (nSPS) is 21.5. The summed E-state index contributed by atoms with van der Waals surface area (Å²) in [4.78, 5) is 38.4. The number of carbonyl (C=O) groups excluding carboxylic acids is 3. The van der Waals surface area contributed by atoms with Crippen LogP contribution < -0.4 is 5.73 Å². The third-order valence-electron chi connectivity index (χ3n) is 5.39. The van der Waals surface area contributed by atoms with E-state index in [1.807, 2.05) is 13.8 Å². The number of hydrogen-bond donors (Lipinski definition) is 1. The van der Waals surface area contributed by atoms with Gasteiger partial charge in [-0.1, -0.05) is 37.6 Å². The largest absolute Gasteiger partial charge is 0.456 e. The number of esters is 1. The van der Waals surface area contributed by atoms with Gasteiger partial charge in [0, 0.05) is 28.5 Å². The van der Waals surface area contributed by atoms with Crippen molar-refractivity contribution in [3.05, 3.63) is 45.5 Å². The maximum absolute atomic E-state index is 12.9. The first-order chi connectivity index (χ1) is 14.2. The van der Waals surface area contributed by atoms with Crippen LogP contribution in [0.5, 0.6) is 0 Å². The van der Waals surface area contributed by atoms with Crippen molar-refractivity contribution in [1.29, 1.82) is 0 Å². The minimum absolute atomic E-state index is 0.0153. The predicted octanol–water partition coefficient (Wildman–Crippen LogP) is 2.50. The molecule has 162 valence electrons. The molecule has 2 heterocycles. The van der Waals surface area contributed by atoms with Crippen LogP contribution in [0.4, 0.5) is 0 Å². The van der Waals surface area contributed by atoms with Crippen molar-refractivity contribution < 1.29 is 23.3 Å². The van der Waals surface area contributed by atoms with E-state index >= 15 is 0 Å². The average Bonchev–Trinajstić information content (AvgIpc) is 3.01. The molecule has 1 aromatic rings. The fourth-order valence-corrected chi connectivity index (χ4v) is 5.46. The molecule has 3 unspecified atom stereocenters. The molecule has 30 heavy (non-hydrogen) atoms. The molecule has 0 bridgehead atoms. The van der Waals surface area contributed by atoms with Crippen molar-refractivity contribution in [2.45, 2.75) is 45.8 Å². The molecule has 0 spiro atoms. The quantitative estimate of drug-likeness (QED) is 0.457. The minimum atomic E-state index is -1.50. The van der Waals surface area contributed by atoms with Gasteiger partial charge in [0.05, 0.1) is 22.8 Å². The monoisotopic (exact) mass is 452 g/mol. The maximum atomic E-state index is 12.9. The van der Waals surface area contributed by atoms with Gasteiger partial charge in [-0.25, -0.2) is 4.79 Å². The molecular weight excluding hydrogens is 428 g/mol. The number of hydrogen-bond acceptors (Lipinski definition) is 5. The number of amides is 2. The molecule has 2 amide bonds. The molecule has 2 aliphatic rings. The summed E-state index contributed by atoms with van der Waals surface area (Å²) in [6.07, 6.45) is 0.851. The number of fused-ring (bicyclic) bond motifs is 1. The number of ether oxygens (including phenoxy) is 1. The standard InChI is InChI=1S/C21H25ClN2O5S/c1-12(2)18-15-10-16(30(28)9-3-4-17(23)25)19(24(15)20(18)26)21(27)29-11-13-5-7-14(22)8-6-13/h5-8,12,15,18H,3-4,9-11H2,1-2H3,(H2,23,25). The van der Waals surface area contributed by atoms with Crippen LogP contribution in [0.1, 0.15) is 38.7 Å². The van der Waals surface area contributed by atoms with E-state index in [1.54, 1.807) is 24.3 Å². The van der Waals surface area contributed by atoms with Gasteiger partial charge in [-0.2, -0.15) is 0 Å². The summed E-state index contributed by atoms with van der Waals surface area (Å²) in [7, 11) is -1.50. The van der Waals surface area contributed by atoms with Gasteiger partial charge < -0.3 is 15.4 Å². The van der Waals surface area contributed by atoms with Crippen molar-refractivity contribution >= 4 is 40.2 Å². The van der Waals surface area contributed by atoms with Crippen LogP contribution in [-0.4, -0.2) is 38.7 Å². The van der Waals surface area contributed by atoms with E-state index in [2.05, 4.69) is 0 Å². The Balaban J connectivity index is 1.78. The Hall–Kier alpha value is -2.19. The van der Waals surface area contributed by atoms with Gasteiger partial charge in [-0.05, 0) is 30.0 Å². The minimum Gasteiger partial charge on any atom is -0.456 e. The lowest BCUT2D eigenvalue weighted by atomic mass is 9.79. The van der Waals surface area contributed by atoms with Crippen LogP contribution in [0.3, 0.4) is 0 Å². The zero-order chi connectivity index (χ0) is 22.0. The average molecular weight is 453 g/mol. The molecule has 9 heteroatoms. The number of primary amides is 1. The van der Waals surface area contributed by atoms with Gasteiger partial charge in [-0.3, -0.25) is 13.8 Å². The smallest absolute Gasteiger partial charge is 0.356 e. The first kappa shape index (κ1) is 22.5. The molecule has 3 rings (SSSR count). The second-order valence-corrected chi connectivity index (χ2v) is 9.87. The lowest BCUT2D eigenvalue weighted by molar-refractivity contribution is -0.159. The molecule has 0 radical (unpaired) electrons. The van der Waals surface area contributed by atoms with E-state index in [1.165, 1.54) is 4.90 Å². The van der Waals surface area contributed by atoms with E-state index in [4.69, 9.17) is 22.1 Å². The molecule has 1 aromatic carbocycles. The summed E-state index contributed by atoms with van der Waals surface area (Å²) in [6, 6.07) is 6.70. The Labute approximate surface area is 183 Å². The van der Waals surface area contributed by atoms with Gasteiger partial charge in [0.25, 0.3) is 0 Å². The molecule has 1 fully saturated rings. The zero-order valence-electron chi connectivity index (χ0n) is 16.9. The maximum Gasteiger partial charge on any atom is 0.356 e. The summed E-state index contributed by atoms with van der Waals surface area (Å²) < 4.78 is 18.3. The number of β-lactam (4-membered cyclic amide) rings is 1. The molecule has 2 aliphatic heterocycles. The molecule has 2 N–H and O–H groups in total. The second kappa shape index (κ2) is 9.31. The molecular formula is C21H25ClN2O5S. The van der Waals surface area contributed by atoms with Gasteiger partial charge in [0.2, 0.25) is 11.8 Å². The summed E-state index contributed by atoms with van der Waals surface area (Å²) in [5.74, 6) is -1.16. The van der Waals surface area contributed by atoms with Gasteiger partial charge in [0.1, 0.15) is 12.3 Å². The number of benzene rings is 1. The summed E-state index contributed by atoms with van der Waals surface area (Å²) >= 11 is 5.87. The van der Waals surface area contributed by atoms with E-state index in [-0.39, 0.29) is 48.3 Å². The van der Waals surface area contributed by atoms with E-state index in [0.717, 1.165) is 5.56 Å². The van der Waals surface area contributed by atoms with Crippen molar-refractivity contribution in [2.75, 3.05) is 5.75 Å². The first-order valence-corrected chi connectivity index (χ1v) is 11.5. The zero-order valence-corrected chi connectivity index (χ0v) is 18.5. The molecule has 0 saturated carbocycles. The highest BCUT2D eigenvalue weighted by atomic mass is 35.5. The molecule has 0 aliphatic carbocycles. The summed E-state index contributed by atoms with van der Waals surface area (Å²) in [5, 5.41) is 0.575. The molecule has 3 atom stereocenters. The third-order valence-corrected chi connectivity index (χ3v) is 7.21. The van der Waals surface area contributed by atoms with E-state index in [9.17, 15) is 18.6 Å². The first-order valence-electron chi connectivity index (χ1n) is 9.85. The summed E-state index contributed by atoms with van der Waals surface area (Å²) in [6.45, 7) is 3.93. The van der Waals surface area contributed by atoms with Crippen molar-refractivity contribution in [1.82, 2.24) is 4.90 Å². The van der Waals surface area contributed by atoms with Crippen LogP contribution in [0, 0.1) is 11.8 Å². The van der Waals surface area contributed by atoms with Gasteiger partial charge in [0.15, 0.2) is 0 Å². The molecule has 0 aromatic heterocycles. The topological polar surface area (TPSA) is 107 Å². The second-order valence-electron chi connectivity index (χ2n) is 7.84. The predicted molar refractivity (Wildman–Crippen MR) is 113 cm³/mol. The van der Waals surface area contributed by atoms with Crippen LogP contribution in [0.2, 0.25) is 5.02 Å². The number of rotatable bonds is 9. The van der Waals surface area contributed by atoms with Crippen LogP contribution in [0.25, 0.3) is 0 Å². The summed E-state index contributed by atoms with van der Waals surface area (Å²) in [5.41, 5.74) is 5.99. The SMILES string of the molecule is CC(C)C1C(=O)N2C(C(=O)OCc3ccc(Cl)cc3)=C(S(=O)CCCC(N)=O)CC12. The Bertz CT molecular complexity index is 912. The Morgan fingerprint density at radius 3 is 2.57 bits per heavy atom. The van der Waals surface area contributed by atoms with Crippen molar-refractivity contribution in [3.8, 4) is 0 Å². The highest BCUT2D eigenvalue weighted by Gasteiger charge is 2.56. The van der Waals surface area contributed by atoms with Crippen molar-refractivity contribution in [2.24, 2.45) is 17.6 Å². The Morgan fingerprint density at radius 2 is 1.97 bits per heavy atom. The number of nitrogens with zero attached hydrogens (tertiary/aromatic N) is 1. The number of carbonyl (C=O) groups is 3. The van der Waals surface area contributed by atoms with Crippen molar-refractivity contribution in [3.63, 3.8) is 0 Å². The van der Waals surface area contributed by atoms with Crippen LogP contribution >= 0.6 is 11.6 Å².